The van der Waals surface area contributed by atoms with Crippen LogP contribution < -0.4 is 10.6 Å². The molecule has 0 bridgehead atoms. The Hall–Kier alpha value is -2.65. The van der Waals surface area contributed by atoms with Crippen LogP contribution in [0.15, 0.2) is 34.7 Å². The van der Waals surface area contributed by atoms with Crippen LogP contribution in [0.3, 0.4) is 0 Å². The molecule has 1 aliphatic rings. The summed E-state index contributed by atoms with van der Waals surface area (Å²) in [4.78, 5) is 24.0. The van der Waals surface area contributed by atoms with Crippen LogP contribution in [0.25, 0.3) is 0 Å². The van der Waals surface area contributed by atoms with Crippen LogP contribution in [-0.2, 0) is 4.79 Å². The van der Waals surface area contributed by atoms with Crippen molar-refractivity contribution in [2.45, 2.75) is 44.0 Å². The summed E-state index contributed by atoms with van der Waals surface area (Å²) in [5.74, 6) is 0.332. The van der Waals surface area contributed by atoms with E-state index in [0.717, 1.165) is 27.0 Å². The Morgan fingerprint density at radius 2 is 1.97 bits per heavy atom. The zero-order valence-electron chi connectivity index (χ0n) is 17.1. The SMILES string of the molecule is CC(=O)Nc1cccc(Nc2nnc(SCC(=O)c3cc(C)n(C4CC4)c3C)s2)c1. The molecule has 9 heteroatoms. The Balaban J connectivity index is 1.36. The summed E-state index contributed by atoms with van der Waals surface area (Å²) in [6.07, 6.45) is 2.40. The summed E-state index contributed by atoms with van der Waals surface area (Å²) in [6, 6.07) is 9.96. The van der Waals surface area contributed by atoms with Gasteiger partial charge in [0.05, 0.1) is 5.75 Å². The number of nitrogens with zero attached hydrogens (tertiary/aromatic N) is 3. The molecular formula is C21H23N5O2S2. The predicted molar refractivity (Wildman–Crippen MR) is 121 cm³/mol. The average Bonchev–Trinajstić information content (AvgIpc) is 3.34. The minimum atomic E-state index is -0.121. The number of hydrogen-bond donors (Lipinski definition) is 2. The van der Waals surface area contributed by atoms with Crippen molar-refractivity contribution >= 4 is 51.3 Å². The van der Waals surface area contributed by atoms with Gasteiger partial charge in [-0.25, -0.2) is 0 Å². The normalized spacial score (nSPS) is 13.3. The molecular weight excluding hydrogens is 418 g/mol. The standard InChI is InChI=1S/C21H23N5O2S2/c1-12-9-18(13(2)26(12)17-7-8-17)19(28)11-29-21-25-24-20(30-21)23-16-6-4-5-15(10-16)22-14(3)27/h4-6,9-10,17H,7-8,11H2,1-3H3,(H,22,27)(H,23,24). The number of amides is 1. The van der Waals surface area contributed by atoms with Gasteiger partial charge in [0.2, 0.25) is 11.0 Å². The van der Waals surface area contributed by atoms with E-state index in [1.54, 1.807) is 0 Å². The number of carbonyl (C=O) groups is 2. The van der Waals surface area contributed by atoms with Crippen molar-refractivity contribution in [3.05, 3.63) is 47.3 Å². The summed E-state index contributed by atoms with van der Waals surface area (Å²) in [5.41, 5.74) is 4.55. The zero-order valence-corrected chi connectivity index (χ0v) is 18.7. The molecule has 1 aliphatic carbocycles. The van der Waals surface area contributed by atoms with E-state index in [1.165, 1.54) is 42.9 Å². The lowest BCUT2D eigenvalue weighted by atomic mass is 10.2. The van der Waals surface area contributed by atoms with Crippen LogP contribution in [0.1, 0.15) is 47.6 Å². The van der Waals surface area contributed by atoms with Gasteiger partial charge in [0.1, 0.15) is 0 Å². The molecule has 2 N–H and O–H groups in total. The molecule has 2 aromatic heterocycles. The van der Waals surface area contributed by atoms with Gasteiger partial charge in [-0.05, 0) is 51.0 Å². The van der Waals surface area contributed by atoms with E-state index < -0.39 is 0 Å². The summed E-state index contributed by atoms with van der Waals surface area (Å²) >= 11 is 2.80. The van der Waals surface area contributed by atoms with Crippen molar-refractivity contribution in [2.24, 2.45) is 0 Å². The van der Waals surface area contributed by atoms with Crippen LogP contribution in [-0.4, -0.2) is 32.2 Å². The van der Waals surface area contributed by atoms with Gasteiger partial charge in [-0.15, -0.1) is 10.2 Å². The molecule has 1 saturated carbocycles. The van der Waals surface area contributed by atoms with Crippen LogP contribution >= 0.6 is 23.1 Å². The molecule has 1 fully saturated rings. The first-order valence-corrected chi connectivity index (χ1v) is 11.5. The largest absolute Gasteiger partial charge is 0.345 e. The smallest absolute Gasteiger partial charge is 0.221 e. The quantitative estimate of drug-likeness (QED) is 0.379. The third-order valence-electron chi connectivity index (χ3n) is 4.86. The highest BCUT2D eigenvalue weighted by atomic mass is 32.2. The van der Waals surface area contributed by atoms with E-state index in [4.69, 9.17) is 0 Å². The number of aryl methyl sites for hydroxylation is 1. The average molecular weight is 442 g/mol. The Kier molecular flexibility index (Phi) is 5.92. The molecule has 7 nitrogen and oxygen atoms in total. The van der Waals surface area contributed by atoms with Crippen molar-refractivity contribution < 1.29 is 9.59 Å². The summed E-state index contributed by atoms with van der Waals surface area (Å²) in [7, 11) is 0. The first-order chi connectivity index (χ1) is 14.4. The number of nitrogens with one attached hydrogen (secondary N) is 2. The van der Waals surface area contributed by atoms with Gasteiger partial charge >= 0.3 is 0 Å². The highest BCUT2D eigenvalue weighted by Gasteiger charge is 2.28. The van der Waals surface area contributed by atoms with E-state index in [1.807, 2.05) is 37.3 Å². The third-order valence-corrected chi connectivity index (χ3v) is 6.84. The van der Waals surface area contributed by atoms with Gasteiger partial charge in [-0.3, -0.25) is 9.59 Å². The van der Waals surface area contributed by atoms with E-state index in [-0.39, 0.29) is 11.7 Å². The van der Waals surface area contributed by atoms with Gasteiger partial charge in [0.25, 0.3) is 0 Å². The van der Waals surface area contributed by atoms with Crippen molar-refractivity contribution in [2.75, 3.05) is 16.4 Å². The molecule has 0 saturated heterocycles. The van der Waals surface area contributed by atoms with Crippen LogP contribution in [0.4, 0.5) is 16.5 Å². The summed E-state index contributed by atoms with van der Waals surface area (Å²) in [5, 5.41) is 14.9. The predicted octanol–water partition coefficient (Wildman–Crippen LogP) is 4.97. The molecule has 1 aromatic carbocycles. The fourth-order valence-electron chi connectivity index (χ4n) is 3.48. The Labute approximate surface area is 183 Å². The second-order valence-electron chi connectivity index (χ2n) is 7.36. The lowest BCUT2D eigenvalue weighted by molar-refractivity contribution is -0.114. The first kappa shape index (κ1) is 20.6. The second-order valence-corrected chi connectivity index (χ2v) is 9.56. The molecule has 1 amide bonds. The third kappa shape index (κ3) is 4.73. The maximum atomic E-state index is 12.7. The Morgan fingerprint density at radius 1 is 1.20 bits per heavy atom. The number of thioether (sulfide) groups is 1. The van der Waals surface area contributed by atoms with Gasteiger partial charge in [-0.1, -0.05) is 29.2 Å². The fourth-order valence-corrected chi connectivity index (χ4v) is 5.13. The minimum absolute atomic E-state index is 0.118. The number of benzene rings is 1. The molecule has 3 aromatic rings. The van der Waals surface area contributed by atoms with Crippen molar-refractivity contribution in [1.29, 1.82) is 0 Å². The van der Waals surface area contributed by atoms with Gasteiger partial charge in [0.15, 0.2) is 10.1 Å². The van der Waals surface area contributed by atoms with Crippen molar-refractivity contribution in [1.82, 2.24) is 14.8 Å². The van der Waals surface area contributed by atoms with Crippen LogP contribution in [0, 0.1) is 13.8 Å². The lowest BCUT2D eigenvalue weighted by Crippen LogP contribution is -2.05. The highest BCUT2D eigenvalue weighted by molar-refractivity contribution is 8.01. The lowest BCUT2D eigenvalue weighted by Gasteiger charge is -2.07. The molecule has 4 rings (SSSR count). The van der Waals surface area contributed by atoms with Gasteiger partial charge in [-0.2, -0.15) is 0 Å². The van der Waals surface area contributed by atoms with E-state index >= 15 is 0 Å². The molecule has 0 atom stereocenters. The second kappa shape index (κ2) is 8.61. The number of ketones is 1. The van der Waals surface area contributed by atoms with Crippen LogP contribution in [0.5, 0.6) is 0 Å². The monoisotopic (exact) mass is 441 g/mol. The van der Waals surface area contributed by atoms with Gasteiger partial charge in [0, 0.05) is 41.3 Å². The van der Waals surface area contributed by atoms with Crippen LogP contribution in [0.2, 0.25) is 0 Å². The number of Topliss-reactive ketones (excluding diaryl/α,β-unsaturated/α-hetero) is 1. The minimum Gasteiger partial charge on any atom is -0.345 e. The Bertz CT molecular complexity index is 1100. The van der Waals surface area contributed by atoms with Crippen molar-refractivity contribution in [3.63, 3.8) is 0 Å². The Morgan fingerprint density at radius 3 is 2.70 bits per heavy atom. The maximum absolute atomic E-state index is 12.7. The highest BCUT2D eigenvalue weighted by Crippen LogP contribution is 2.38. The zero-order chi connectivity index (χ0) is 21.3. The van der Waals surface area contributed by atoms with E-state index in [2.05, 4.69) is 32.3 Å². The topological polar surface area (TPSA) is 88.9 Å². The molecule has 156 valence electrons. The number of rotatable bonds is 8. The molecule has 0 unspecified atom stereocenters. The van der Waals surface area contributed by atoms with E-state index in [9.17, 15) is 9.59 Å². The van der Waals surface area contributed by atoms with Crippen molar-refractivity contribution in [3.8, 4) is 0 Å². The molecule has 0 aliphatic heterocycles. The summed E-state index contributed by atoms with van der Waals surface area (Å²) < 4.78 is 3.03. The van der Waals surface area contributed by atoms with E-state index in [0.29, 0.717) is 22.6 Å². The molecule has 0 radical (unpaired) electrons. The fraction of sp³-hybridized carbons (Fsp3) is 0.333. The number of hydrogen-bond acceptors (Lipinski definition) is 7. The number of carbonyl (C=O) groups excluding carboxylic acids is 2. The summed E-state index contributed by atoms with van der Waals surface area (Å²) in [6.45, 7) is 5.57. The maximum Gasteiger partial charge on any atom is 0.221 e. The molecule has 0 spiro atoms. The number of anilines is 3. The number of aromatic nitrogens is 3. The first-order valence-electron chi connectivity index (χ1n) is 9.73. The molecule has 2 heterocycles. The molecule has 30 heavy (non-hydrogen) atoms. The van der Waals surface area contributed by atoms with Gasteiger partial charge < -0.3 is 15.2 Å².